The minimum atomic E-state index is -0.157. The van der Waals surface area contributed by atoms with Gasteiger partial charge in [0.25, 0.3) is 5.91 Å². The van der Waals surface area contributed by atoms with Crippen LogP contribution >= 0.6 is 11.6 Å². The summed E-state index contributed by atoms with van der Waals surface area (Å²) in [6.45, 7) is 4.03. The zero-order valence-corrected chi connectivity index (χ0v) is 13.2. The van der Waals surface area contributed by atoms with Crippen molar-refractivity contribution in [1.82, 2.24) is 4.98 Å². The Morgan fingerprint density at radius 3 is 2.45 bits per heavy atom. The number of halogens is 1. The van der Waals surface area contributed by atoms with E-state index in [9.17, 15) is 4.79 Å². The molecule has 114 valence electrons. The van der Waals surface area contributed by atoms with Crippen molar-refractivity contribution in [3.8, 4) is 0 Å². The second kappa shape index (κ2) is 6.36. The average molecular weight is 316 g/mol. The summed E-state index contributed by atoms with van der Waals surface area (Å²) in [5.74, 6) is 0.829. The van der Waals surface area contributed by atoms with E-state index in [4.69, 9.17) is 11.6 Å². The highest BCUT2D eigenvalue weighted by atomic mass is 35.5. The Kier molecular flexibility index (Phi) is 4.29. The minimum absolute atomic E-state index is 0.157. The largest absolute Gasteiger partial charge is 0.357 e. The van der Waals surface area contributed by atoms with Crippen LogP contribution in [0.25, 0.3) is 0 Å². The van der Waals surface area contributed by atoms with Gasteiger partial charge in [0, 0.05) is 23.7 Å². The molecule has 1 aliphatic rings. The Bertz CT molecular complexity index is 679. The molecule has 5 heteroatoms. The fraction of sp³-hybridized carbons (Fsp3) is 0.294. The Labute approximate surface area is 135 Å². The lowest BCUT2D eigenvalue weighted by Gasteiger charge is -2.18. The molecule has 1 saturated heterocycles. The van der Waals surface area contributed by atoms with Gasteiger partial charge in [-0.3, -0.25) is 4.79 Å². The molecule has 4 nitrogen and oxygen atoms in total. The first kappa shape index (κ1) is 14.9. The number of aromatic nitrogens is 1. The van der Waals surface area contributed by atoms with Crippen molar-refractivity contribution in [3.63, 3.8) is 0 Å². The molecule has 0 atom stereocenters. The average Bonchev–Trinajstić information content (AvgIpc) is 3.04. The van der Waals surface area contributed by atoms with Gasteiger partial charge in [0.1, 0.15) is 5.82 Å². The molecule has 0 spiro atoms. The van der Waals surface area contributed by atoms with Crippen LogP contribution in [0.2, 0.25) is 5.02 Å². The van der Waals surface area contributed by atoms with Gasteiger partial charge in [-0.2, -0.15) is 0 Å². The maximum Gasteiger partial charge on any atom is 0.255 e. The van der Waals surface area contributed by atoms with Crippen molar-refractivity contribution in [3.05, 3.63) is 52.7 Å². The van der Waals surface area contributed by atoms with E-state index in [1.807, 2.05) is 19.1 Å². The lowest BCUT2D eigenvalue weighted by Crippen LogP contribution is -2.20. The number of nitrogens with zero attached hydrogens (tertiary/aromatic N) is 2. The smallest absolute Gasteiger partial charge is 0.255 e. The highest BCUT2D eigenvalue weighted by molar-refractivity contribution is 6.30. The highest BCUT2D eigenvalue weighted by Crippen LogP contribution is 2.22. The fourth-order valence-electron chi connectivity index (χ4n) is 2.60. The van der Waals surface area contributed by atoms with Gasteiger partial charge < -0.3 is 10.2 Å². The van der Waals surface area contributed by atoms with E-state index in [-0.39, 0.29) is 5.91 Å². The number of rotatable bonds is 3. The molecule has 0 bridgehead atoms. The molecule has 1 fully saturated rings. The van der Waals surface area contributed by atoms with E-state index >= 15 is 0 Å². The van der Waals surface area contributed by atoms with Gasteiger partial charge in [0.15, 0.2) is 0 Å². The predicted molar refractivity (Wildman–Crippen MR) is 89.8 cm³/mol. The number of hydrogen-bond acceptors (Lipinski definition) is 3. The number of carbonyl (C=O) groups is 1. The molecule has 0 unspecified atom stereocenters. The Hall–Kier alpha value is -2.07. The Morgan fingerprint density at radius 2 is 1.82 bits per heavy atom. The summed E-state index contributed by atoms with van der Waals surface area (Å²) in [7, 11) is 0. The quantitative estimate of drug-likeness (QED) is 0.934. The number of aryl methyl sites for hydroxylation is 1. The predicted octanol–water partition coefficient (Wildman–Crippen LogP) is 3.90. The van der Waals surface area contributed by atoms with E-state index in [0.29, 0.717) is 10.6 Å². The summed E-state index contributed by atoms with van der Waals surface area (Å²) in [4.78, 5) is 19.1. The molecule has 0 radical (unpaired) electrons. The van der Waals surface area contributed by atoms with Crippen molar-refractivity contribution >= 4 is 29.0 Å². The number of carbonyl (C=O) groups excluding carboxylic acids is 1. The van der Waals surface area contributed by atoms with Crippen LogP contribution in [0.1, 0.15) is 28.9 Å². The van der Waals surface area contributed by atoms with Crippen molar-refractivity contribution in [2.45, 2.75) is 19.8 Å². The van der Waals surface area contributed by atoms with E-state index in [1.54, 1.807) is 24.3 Å². The van der Waals surface area contributed by atoms with Crippen molar-refractivity contribution in [2.75, 3.05) is 23.3 Å². The first-order valence-electron chi connectivity index (χ1n) is 7.43. The molecule has 1 aliphatic heterocycles. The zero-order chi connectivity index (χ0) is 15.5. The van der Waals surface area contributed by atoms with E-state index < -0.39 is 0 Å². The van der Waals surface area contributed by atoms with Crippen LogP contribution < -0.4 is 10.2 Å². The third-order valence-electron chi connectivity index (χ3n) is 3.86. The second-order valence-corrected chi connectivity index (χ2v) is 5.89. The van der Waals surface area contributed by atoms with Crippen molar-refractivity contribution in [2.24, 2.45) is 0 Å². The minimum Gasteiger partial charge on any atom is -0.357 e. The summed E-state index contributed by atoms with van der Waals surface area (Å²) in [6.07, 6.45) is 2.44. The SMILES string of the molecule is Cc1nc(N2CCCC2)ccc1NC(=O)c1ccc(Cl)cc1. The first-order chi connectivity index (χ1) is 10.6. The lowest BCUT2D eigenvalue weighted by molar-refractivity contribution is 0.102. The maximum atomic E-state index is 12.2. The summed E-state index contributed by atoms with van der Waals surface area (Å²) in [6, 6.07) is 10.7. The van der Waals surface area contributed by atoms with Gasteiger partial charge in [0.2, 0.25) is 0 Å². The van der Waals surface area contributed by atoms with Gasteiger partial charge in [0.05, 0.1) is 11.4 Å². The molecule has 1 N–H and O–H groups in total. The van der Waals surface area contributed by atoms with Crippen LogP contribution in [0.5, 0.6) is 0 Å². The summed E-state index contributed by atoms with van der Waals surface area (Å²) in [5.41, 5.74) is 2.14. The van der Waals surface area contributed by atoms with Crippen molar-refractivity contribution < 1.29 is 4.79 Å². The molecule has 3 rings (SSSR count). The molecular formula is C17H18ClN3O. The van der Waals surface area contributed by atoms with Crippen LogP contribution in [-0.2, 0) is 0 Å². The summed E-state index contributed by atoms with van der Waals surface area (Å²) >= 11 is 5.84. The number of nitrogens with one attached hydrogen (secondary N) is 1. The summed E-state index contributed by atoms with van der Waals surface area (Å²) < 4.78 is 0. The molecule has 2 heterocycles. The number of hydrogen-bond donors (Lipinski definition) is 1. The Balaban J connectivity index is 1.74. The molecule has 2 aromatic rings. The first-order valence-corrected chi connectivity index (χ1v) is 7.81. The molecule has 1 aromatic carbocycles. The monoisotopic (exact) mass is 315 g/mol. The van der Waals surface area contributed by atoms with E-state index in [2.05, 4.69) is 15.2 Å². The van der Waals surface area contributed by atoms with Crippen LogP contribution in [0.15, 0.2) is 36.4 Å². The van der Waals surface area contributed by atoms with Crippen LogP contribution in [0.3, 0.4) is 0 Å². The normalized spacial score (nSPS) is 14.2. The molecule has 0 saturated carbocycles. The lowest BCUT2D eigenvalue weighted by atomic mass is 10.2. The fourth-order valence-corrected chi connectivity index (χ4v) is 2.72. The Morgan fingerprint density at radius 1 is 1.14 bits per heavy atom. The second-order valence-electron chi connectivity index (χ2n) is 5.46. The summed E-state index contributed by atoms with van der Waals surface area (Å²) in [5, 5.41) is 3.52. The van der Waals surface area contributed by atoms with Gasteiger partial charge in [-0.15, -0.1) is 0 Å². The molecule has 0 aliphatic carbocycles. The third-order valence-corrected chi connectivity index (χ3v) is 4.11. The van der Waals surface area contributed by atoms with Gasteiger partial charge >= 0.3 is 0 Å². The molecular weight excluding hydrogens is 298 g/mol. The topological polar surface area (TPSA) is 45.2 Å². The number of pyridine rings is 1. The van der Waals surface area contributed by atoms with E-state index in [1.165, 1.54) is 12.8 Å². The molecule has 1 amide bonds. The van der Waals surface area contributed by atoms with E-state index in [0.717, 1.165) is 30.3 Å². The number of benzene rings is 1. The molecule has 1 aromatic heterocycles. The third kappa shape index (κ3) is 3.22. The maximum absolute atomic E-state index is 12.2. The highest BCUT2D eigenvalue weighted by Gasteiger charge is 2.15. The van der Waals surface area contributed by atoms with Gasteiger partial charge in [-0.1, -0.05) is 11.6 Å². The standard InChI is InChI=1S/C17H18ClN3O/c1-12-15(8-9-16(19-12)21-10-2-3-11-21)20-17(22)13-4-6-14(18)7-5-13/h4-9H,2-3,10-11H2,1H3,(H,20,22). The van der Waals surface area contributed by atoms with Crippen LogP contribution in [0.4, 0.5) is 11.5 Å². The molecule has 22 heavy (non-hydrogen) atoms. The van der Waals surface area contributed by atoms with Crippen LogP contribution in [-0.4, -0.2) is 24.0 Å². The number of anilines is 2. The van der Waals surface area contributed by atoms with Gasteiger partial charge in [-0.05, 0) is 56.2 Å². The van der Waals surface area contributed by atoms with Crippen molar-refractivity contribution in [1.29, 1.82) is 0 Å². The number of amides is 1. The van der Waals surface area contributed by atoms with Crippen LogP contribution in [0, 0.1) is 6.92 Å². The zero-order valence-electron chi connectivity index (χ0n) is 12.5. The van der Waals surface area contributed by atoms with Gasteiger partial charge in [-0.25, -0.2) is 4.98 Å².